The zero-order chi connectivity index (χ0) is 17.2. The molecule has 1 aliphatic heterocycles. The third kappa shape index (κ3) is 3.29. The summed E-state index contributed by atoms with van der Waals surface area (Å²) in [5.74, 6) is 0. The van der Waals surface area contributed by atoms with E-state index in [1.54, 1.807) is 11.3 Å². The fraction of sp³-hybridized carbons (Fsp3) is 0.421. The van der Waals surface area contributed by atoms with Crippen molar-refractivity contribution in [2.45, 2.75) is 20.0 Å². The molecule has 1 aliphatic rings. The molecule has 25 heavy (non-hydrogen) atoms. The molecule has 0 aliphatic carbocycles. The van der Waals surface area contributed by atoms with Crippen molar-refractivity contribution in [1.29, 1.82) is 0 Å². The summed E-state index contributed by atoms with van der Waals surface area (Å²) < 4.78 is 7.69. The summed E-state index contributed by atoms with van der Waals surface area (Å²) in [4.78, 5) is 7.28. The minimum absolute atomic E-state index is 0.828. The molecule has 1 aromatic carbocycles. The van der Waals surface area contributed by atoms with E-state index in [0.717, 1.165) is 50.1 Å². The van der Waals surface area contributed by atoms with Crippen molar-refractivity contribution in [3.8, 4) is 10.6 Å². The first-order chi connectivity index (χ1) is 12.3. The molecule has 0 unspecified atom stereocenters. The molecule has 3 heterocycles. The van der Waals surface area contributed by atoms with Crippen LogP contribution in [0.2, 0.25) is 0 Å². The molecule has 1 fully saturated rings. The van der Waals surface area contributed by atoms with Crippen molar-refractivity contribution in [1.82, 2.24) is 14.5 Å². The quantitative estimate of drug-likeness (QED) is 0.758. The van der Waals surface area contributed by atoms with E-state index in [-0.39, 0.29) is 0 Å². The zero-order valence-corrected chi connectivity index (χ0v) is 15.6. The summed E-state index contributed by atoms with van der Waals surface area (Å²) in [5, 5.41) is 7.84. The second-order valence-electron chi connectivity index (χ2n) is 6.34. The van der Waals surface area contributed by atoms with Crippen molar-refractivity contribution in [3.63, 3.8) is 0 Å². The van der Waals surface area contributed by atoms with Crippen LogP contribution in [0.25, 0.3) is 21.5 Å². The molecule has 0 atom stereocenters. The van der Waals surface area contributed by atoms with E-state index in [1.165, 1.54) is 22.2 Å². The summed E-state index contributed by atoms with van der Waals surface area (Å²) in [5.41, 5.74) is 4.78. The lowest BCUT2D eigenvalue weighted by Gasteiger charge is -2.25. The number of fused-ring (bicyclic) bond motifs is 1. The van der Waals surface area contributed by atoms with Gasteiger partial charge in [0, 0.05) is 55.8 Å². The van der Waals surface area contributed by atoms with Crippen LogP contribution in [0.1, 0.15) is 12.6 Å². The molecule has 0 saturated carbocycles. The smallest absolute Gasteiger partial charge is 0.123 e. The Morgan fingerprint density at radius 1 is 1.28 bits per heavy atom. The van der Waals surface area contributed by atoms with Gasteiger partial charge in [-0.25, -0.2) is 4.98 Å². The van der Waals surface area contributed by atoms with Gasteiger partial charge in [0.1, 0.15) is 5.01 Å². The summed E-state index contributed by atoms with van der Waals surface area (Å²) in [6.45, 7) is 7.70. The Hall–Kier alpha value is -1.89. The molecule has 1 N–H and O–H groups in total. The van der Waals surface area contributed by atoms with E-state index in [9.17, 15) is 0 Å². The van der Waals surface area contributed by atoms with Crippen LogP contribution in [-0.2, 0) is 17.8 Å². The molecule has 4 rings (SSSR count). The van der Waals surface area contributed by atoms with E-state index in [1.807, 2.05) is 7.05 Å². The molecule has 6 heteroatoms. The van der Waals surface area contributed by atoms with Gasteiger partial charge in [-0.1, -0.05) is 0 Å². The Morgan fingerprint density at radius 2 is 2.12 bits per heavy atom. The number of aromatic nitrogens is 2. The van der Waals surface area contributed by atoms with Crippen LogP contribution < -0.4 is 5.32 Å². The molecule has 0 radical (unpaired) electrons. The van der Waals surface area contributed by atoms with Gasteiger partial charge in [-0.05, 0) is 25.1 Å². The predicted octanol–water partition coefficient (Wildman–Crippen LogP) is 3.66. The lowest BCUT2D eigenvalue weighted by molar-refractivity contribution is 0.0337. The monoisotopic (exact) mass is 356 g/mol. The van der Waals surface area contributed by atoms with Crippen LogP contribution in [0, 0.1) is 0 Å². The Kier molecular flexibility index (Phi) is 4.74. The number of ether oxygens (including phenoxy) is 1. The van der Waals surface area contributed by atoms with Gasteiger partial charge in [-0.2, -0.15) is 0 Å². The fourth-order valence-electron chi connectivity index (χ4n) is 3.39. The van der Waals surface area contributed by atoms with Crippen molar-refractivity contribution < 1.29 is 4.74 Å². The Morgan fingerprint density at radius 3 is 2.88 bits per heavy atom. The lowest BCUT2D eigenvalue weighted by Crippen LogP contribution is -2.35. The number of morpholine rings is 1. The van der Waals surface area contributed by atoms with Crippen molar-refractivity contribution in [3.05, 3.63) is 35.5 Å². The first-order valence-electron chi connectivity index (χ1n) is 8.84. The van der Waals surface area contributed by atoms with E-state index in [0.29, 0.717) is 0 Å². The number of hydrogen-bond donors (Lipinski definition) is 1. The number of nitrogens with one attached hydrogen (secondary N) is 1. The van der Waals surface area contributed by atoms with Crippen LogP contribution in [0.4, 0.5) is 5.69 Å². The van der Waals surface area contributed by atoms with Gasteiger partial charge in [-0.15, -0.1) is 11.3 Å². The van der Waals surface area contributed by atoms with Crippen LogP contribution in [0.5, 0.6) is 0 Å². The molecule has 1 saturated heterocycles. The highest BCUT2D eigenvalue weighted by Crippen LogP contribution is 2.32. The maximum atomic E-state index is 5.42. The maximum absolute atomic E-state index is 5.42. The average molecular weight is 356 g/mol. The SMILES string of the molecule is CCn1cc(NC)c2cc(-c3nc(CN4CCOCC4)cs3)ccc21. The summed E-state index contributed by atoms with van der Waals surface area (Å²) >= 11 is 1.73. The minimum atomic E-state index is 0.828. The van der Waals surface area contributed by atoms with Gasteiger partial charge in [0.2, 0.25) is 0 Å². The Labute approximate surface area is 152 Å². The van der Waals surface area contributed by atoms with Crippen LogP contribution >= 0.6 is 11.3 Å². The standard InChI is InChI=1S/C19H24N4OS/c1-3-23-12-17(20-2)16-10-14(4-5-18(16)23)19-21-15(13-25-19)11-22-6-8-24-9-7-22/h4-5,10,12-13,20H,3,6-9,11H2,1-2H3. The summed E-state index contributed by atoms with van der Waals surface area (Å²) in [6, 6.07) is 6.65. The minimum Gasteiger partial charge on any atom is -0.386 e. The zero-order valence-electron chi connectivity index (χ0n) is 14.8. The predicted molar refractivity (Wildman–Crippen MR) is 104 cm³/mol. The Balaban J connectivity index is 1.61. The Bertz CT molecular complexity index is 864. The third-order valence-electron chi connectivity index (χ3n) is 4.78. The van der Waals surface area contributed by atoms with Crippen molar-refractivity contribution in [2.75, 3.05) is 38.7 Å². The van der Waals surface area contributed by atoms with Gasteiger partial charge in [0.05, 0.1) is 30.1 Å². The molecular formula is C19H24N4OS. The van der Waals surface area contributed by atoms with Crippen molar-refractivity contribution in [2.24, 2.45) is 0 Å². The molecule has 0 amide bonds. The van der Waals surface area contributed by atoms with Crippen LogP contribution in [0.3, 0.4) is 0 Å². The lowest BCUT2D eigenvalue weighted by atomic mass is 10.1. The van der Waals surface area contributed by atoms with Gasteiger partial charge in [0.15, 0.2) is 0 Å². The average Bonchev–Trinajstić information content (AvgIpc) is 3.26. The van der Waals surface area contributed by atoms with E-state index < -0.39 is 0 Å². The van der Waals surface area contributed by atoms with E-state index >= 15 is 0 Å². The third-order valence-corrected chi connectivity index (χ3v) is 5.72. The van der Waals surface area contributed by atoms with Crippen LogP contribution in [-0.4, -0.2) is 47.8 Å². The number of rotatable bonds is 5. The number of nitrogens with zero attached hydrogens (tertiary/aromatic N) is 3. The molecule has 132 valence electrons. The summed E-state index contributed by atoms with van der Waals surface area (Å²) in [7, 11) is 1.98. The second-order valence-corrected chi connectivity index (χ2v) is 7.20. The van der Waals surface area contributed by atoms with Gasteiger partial charge in [-0.3, -0.25) is 4.90 Å². The fourth-order valence-corrected chi connectivity index (χ4v) is 4.20. The normalized spacial score (nSPS) is 15.8. The number of aryl methyl sites for hydroxylation is 1. The van der Waals surface area contributed by atoms with Gasteiger partial charge < -0.3 is 14.6 Å². The second kappa shape index (κ2) is 7.15. The first-order valence-corrected chi connectivity index (χ1v) is 9.72. The molecular weight excluding hydrogens is 332 g/mol. The van der Waals surface area contributed by atoms with E-state index in [4.69, 9.17) is 9.72 Å². The molecule has 0 spiro atoms. The molecule has 5 nitrogen and oxygen atoms in total. The molecule has 0 bridgehead atoms. The first kappa shape index (κ1) is 16.6. The number of anilines is 1. The van der Waals surface area contributed by atoms with Crippen LogP contribution in [0.15, 0.2) is 29.8 Å². The highest BCUT2D eigenvalue weighted by molar-refractivity contribution is 7.13. The number of hydrogen-bond acceptors (Lipinski definition) is 5. The number of thiazole rings is 1. The maximum Gasteiger partial charge on any atom is 0.123 e. The number of benzene rings is 1. The highest BCUT2D eigenvalue weighted by atomic mass is 32.1. The molecule has 2 aromatic heterocycles. The van der Waals surface area contributed by atoms with Crippen molar-refractivity contribution >= 4 is 27.9 Å². The van der Waals surface area contributed by atoms with E-state index in [2.05, 4.69) is 51.5 Å². The highest BCUT2D eigenvalue weighted by Gasteiger charge is 2.14. The van der Waals surface area contributed by atoms with Gasteiger partial charge >= 0.3 is 0 Å². The van der Waals surface area contributed by atoms with Gasteiger partial charge in [0.25, 0.3) is 0 Å². The summed E-state index contributed by atoms with van der Waals surface area (Å²) in [6.07, 6.45) is 2.18. The largest absolute Gasteiger partial charge is 0.386 e. The molecule has 3 aromatic rings. The topological polar surface area (TPSA) is 42.3 Å².